The van der Waals surface area contributed by atoms with E-state index in [1.807, 2.05) is 4.90 Å². The summed E-state index contributed by atoms with van der Waals surface area (Å²) in [5, 5.41) is 4.04. The van der Waals surface area contributed by atoms with E-state index in [9.17, 15) is 4.79 Å². The van der Waals surface area contributed by atoms with Crippen LogP contribution in [0.3, 0.4) is 0 Å². The molecule has 128 valence electrons. The standard InChI is InChI=1S/C18H24N4O2/c1-13-19-17(20-24-13)16-5-4-12-22(16)18(23)14-6-8-15(9-7-14)21-10-2-3-11-21/h2-3,10-11,14-16H,4-9,12H2,1H3. The van der Waals surface area contributed by atoms with Gasteiger partial charge in [0.1, 0.15) is 0 Å². The van der Waals surface area contributed by atoms with Crippen molar-refractivity contribution in [3.63, 3.8) is 0 Å². The van der Waals surface area contributed by atoms with Crippen LogP contribution in [0.1, 0.15) is 62.3 Å². The molecule has 0 radical (unpaired) electrons. The van der Waals surface area contributed by atoms with Crippen molar-refractivity contribution in [2.75, 3.05) is 6.54 Å². The molecule has 1 saturated carbocycles. The second kappa shape index (κ2) is 6.42. The van der Waals surface area contributed by atoms with Gasteiger partial charge in [0, 0.05) is 37.8 Å². The Morgan fingerprint density at radius 2 is 1.92 bits per heavy atom. The maximum atomic E-state index is 13.0. The smallest absolute Gasteiger partial charge is 0.226 e. The molecule has 3 heterocycles. The lowest BCUT2D eigenvalue weighted by Gasteiger charge is -2.32. The van der Waals surface area contributed by atoms with Crippen molar-refractivity contribution in [3.05, 3.63) is 36.2 Å². The van der Waals surface area contributed by atoms with E-state index in [1.165, 1.54) is 0 Å². The molecule has 1 atom stereocenters. The monoisotopic (exact) mass is 328 g/mol. The quantitative estimate of drug-likeness (QED) is 0.867. The highest BCUT2D eigenvalue weighted by molar-refractivity contribution is 5.79. The van der Waals surface area contributed by atoms with Crippen LogP contribution in [0.4, 0.5) is 0 Å². The fourth-order valence-electron chi connectivity index (χ4n) is 4.20. The number of carbonyl (C=O) groups excluding carboxylic acids is 1. The molecule has 2 aliphatic rings. The first-order valence-corrected chi connectivity index (χ1v) is 8.95. The summed E-state index contributed by atoms with van der Waals surface area (Å²) in [4.78, 5) is 19.3. The average molecular weight is 328 g/mol. The number of hydrogen-bond donors (Lipinski definition) is 0. The highest BCUT2D eigenvalue weighted by Crippen LogP contribution is 2.37. The van der Waals surface area contributed by atoms with Gasteiger partial charge in [0.15, 0.2) is 5.82 Å². The maximum absolute atomic E-state index is 13.0. The summed E-state index contributed by atoms with van der Waals surface area (Å²) < 4.78 is 7.38. The maximum Gasteiger partial charge on any atom is 0.226 e. The number of aryl methyl sites for hydroxylation is 1. The van der Waals surface area contributed by atoms with E-state index in [1.54, 1.807) is 6.92 Å². The third kappa shape index (κ3) is 2.85. The van der Waals surface area contributed by atoms with Crippen LogP contribution in [-0.4, -0.2) is 32.1 Å². The van der Waals surface area contributed by atoms with Crippen LogP contribution in [0.2, 0.25) is 0 Å². The first-order chi connectivity index (χ1) is 11.7. The molecule has 0 spiro atoms. The number of hydrogen-bond acceptors (Lipinski definition) is 4. The van der Waals surface area contributed by atoms with Crippen LogP contribution in [0.15, 0.2) is 29.0 Å². The van der Waals surface area contributed by atoms with Gasteiger partial charge in [-0.15, -0.1) is 0 Å². The van der Waals surface area contributed by atoms with Gasteiger partial charge in [0.2, 0.25) is 11.8 Å². The van der Waals surface area contributed by atoms with Crippen LogP contribution >= 0.6 is 0 Å². The van der Waals surface area contributed by atoms with Crippen molar-refractivity contribution >= 4 is 5.91 Å². The van der Waals surface area contributed by atoms with Gasteiger partial charge in [-0.3, -0.25) is 4.79 Å². The summed E-state index contributed by atoms with van der Waals surface area (Å²) in [6.07, 6.45) is 10.3. The molecule has 2 fully saturated rings. The van der Waals surface area contributed by atoms with Gasteiger partial charge in [0.25, 0.3) is 0 Å². The lowest BCUT2D eigenvalue weighted by molar-refractivity contribution is -0.138. The molecule has 6 heteroatoms. The summed E-state index contributed by atoms with van der Waals surface area (Å²) in [6, 6.07) is 4.67. The van der Waals surface area contributed by atoms with Gasteiger partial charge < -0.3 is 14.0 Å². The molecule has 1 aliphatic carbocycles. The van der Waals surface area contributed by atoms with Crippen LogP contribution in [-0.2, 0) is 4.79 Å². The van der Waals surface area contributed by atoms with E-state index in [0.29, 0.717) is 17.8 Å². The highest BCUT2D eigenvalue weighted by Gasteiger charge is 2.37. The molecule has 2 aromatic heterocycles. The molecule has 1 amide bonds. The largest absolute Gasteiger partial charge is 0.351 e. The van der Waals surface area contributed by atoms with Crippen molar-refractivity contribution in [2.45, 2.75) is 57.5 Å². The predicted octanol–water partition coefficient (Wildman–Crippen LogP) is 3.27. The Labute approximate surface area is 141 Å². The molecule has 1 saturated heterocycles. The topological polar surface area (TPSA) is 64.2 Å². The van der Waals surface area contributed by atoms with Crippen molar-refractivity contribution in [3.8, 4) is 0 Å². The summed E-state index contributed by atoms with van der Waals surface area (Å²) >= 11 is 0. The number of amides is 1. The normalized spacial score (nSPS) is 27.5. The molecular weight excluding hydrogens is 304 g/mol. The van der Waals surface area contributed by atoms with Crippen molar-refractivity contribution in [1.82, 2.24) is 19.6 Å². The first-order valence-electron chi connectivity index (χ1n) is 8.95. The Kier molecular flexibility index (Phi) is 4.12. The highest BCUT2D eigenvalue weighted by atomic mass is 16.5. The fourth-order valence-corrected chi connectivity index (χ4v) is 4.20. The Balaban J connectivity index is 1.40. The molecule has 2 aromatic rings. The number of aromatic nitrogens is 3. The number of rotatable bonds is 3. The molecule has 0 aromatic carbocycles. The summed E-state index contributed by atoms with van der Waals surface area (Å²) in [5.74, 6) is 1.66. The Hall–Kier alpha value is -2.11. The van der Waals surface area contributed by atoms with Gasteiger partial charge in [-0.1, -0.05) is 5.16 Å². The Bertz CT molecular complexity index is 686. The number of nitrogens with zero attached hydrogens (tertiary/aromatic N) is 4. The lowest BCUT2D eigenvalue weighted by atomic mass is 9.85. The molecule has 24 heavy (non-hydrogen) atoms. The fraction of sp³-hybridized carbons (Fsp3) is 0.611. The molecule has 4 rings (SSSR count). The van der Waals surface area contributed by atoms with Gasteiger partial charge in [0.05, 0.1) is 6.04 Å². The van der Waals surface area contributed by atoms with E-state index in [-0.39, 0.29) is 17.9 Å². The van der Waals surface area contributed by atoms with Crippen molar-refractivity contribution in [2.24, 2.45) is 5.92 Å². The second-order valence-electron chi connectivity index (χ2n) is 7.00. The molecule has 6 nitrogen and oxygen atoms in total. The third-order valence-corrected chi connectivity index (χ3v) is 5.47. The first kappa shape index (κ1) is 15.4. The van der Waals surface area contributed by atoms with Crippen LogP contribution in [0, 0.1) is 12.8 Å². The number of likely N-dealkylation sites (tertiary alicyclic amines) is 1. The minimum atomic E-state index is -0.00266. The lowest BCUT2D eigenvalue weighted by Crippen LogP contribution is -2.37. The van der Waals surface area contributed by atoms with E-state index in [2.05, 4.69) is 39.2 Å². The van der Waals surface area contributed by atoms with E-state index >= 15 is 0 Å². The van der Waals surface area contributed by atoms with E-state index < -0.39 is 0 Å². The second-order valence-corrected chi connectivity index (χ2v) is 7.00. The molecule has 1 unspecified atom stereocenters. The zero-order valence-corrected chi connectivity index (χ0v) is 14.1. The van der Waals surface area contributed by atoms with Crippen molar-refractivity contribution in [1.29, 1.82) is 0 Å². The van der Waals surface area contributed by atoms with Gasteiger partial charge in [-0.2, -0.15) is 4.98 Å². The minimum absolute atomic E-state index is 0.00266. The minimum Gasteiger partial charge on any atom is -0.351 e. The molecule has 0 bridgehead atoms. The summed E-state index contributed by atoms with van der Waals surface area (Å²) in [6.45, 7) is 2.61. The zero-order valence-electron chi connectivity index (χ0n) is 14.1. The number of carbonyl (C=O) groups is 1. The van der Waals surface area contributed by atoms with E-state index in [4.69, 9.17) is 4.52 Å². The van der Waals surface area contributed by atoms with E-state index in [0.717, 1.165) is 45.1 Å². The average Bonchev–Trinajstić information content (AvgIpc) is 3.35. The Morgan fingerprint density at radius 1 is 1.17 bits per heavy atom. The van der Waals surface area contributed by atoms with Gasteiger partial charge in [-0.05, 0) is 50.7 Å². The Morgan fingerprint density at radius 3 is 2.58 bits per heavy atom. The van der Waals surface area contributed by atoms with Crippen LogP contribution < -0.4 is 0 Å². The molecule has 1 aliphatic heterocycles. The summed E-state index contributed by atoms with van der Waals surface area (Å²) in [5.41, 5.74) is 0. The zero-order chi connectivity index (χ0) is 16.5. The molecule has 0 N–H and O–H groups in total. The van der Waals surface area contributed by atoms with Crippen LogP contribution in [0.5, 0.6) is 0 Å². The van der Waals surface area contributed by atoms with Crippen LogP contribution in [0.25, 0.3) is 0 Å². The SMILES string of the molecule is Cc1nc(C2CCCN2C(=O)C2CCC(n3cccc3)CC2)no1. The molecular formula is C18H24N4O2. The van der Waals surface area contributed by atoms with Gasteiger partial charge >= 0.3 is 0 Å². The van der Waals surface area contributed by atoms with Gasteiger partial charge in [-0.25, -0.2) is 0 Å². The predicted molar refractivity (Wildman–Crippen MR) is 88.2 cm³/mol. The third-order valence-electron chi connectivity index (χ3n) is 5.47. The summed E-state index contributed by atoms with van der Waals surface area (Å²) in [7, 11) is 0. The van der Waals surface area contributed by atoms with Crippen molar-refractivity contribution < 1.29 is 9.32 Å².